The third-order valence-corrected chi connectivity index (χ3v) is 5.14. The highest BCUT2D eigenvalue weighted by molar-refractivity contribution is 7.17. The number of carbonyl (C=O) groups excluding carboxylic acids is 2. The van der Waals surface area contributed by atoms with Gasteiger partial charge < -0.3 is 4.74 Å². The standard InChI is InChI=1S/C20H19FN4O3S/c1-4-28-19(27)17-13(3)24-20(29-17)25(11-14-5-7-15(21)8-6-14)18(26)16-10-22-12(2)9-23-16/h5-10H,4,11H2,1-3H3. The normalized spacial score (nSPS) is 10.6. The summed E-state index contributed by atoms with van der Waals surface area (Å²) in [5, 5.41) is 0.322. The molecule has 0 spiro atoms. The number of thiazole rings is 1. The van der Waals surface area contributed by atoms with Gasteiger partial charge in [0.2, 0.25) is 0 Å². The van der Waals surface area contributed by atoms with Crippen molar-refractivity contribution in [3.05, 3.63) is 70.0 Å². The molecule has 150 valence electrons. The van der Waals surface area contributed by atoms with Gasteiger partial charge in [-0.3, -0.25) is 14.7 Å². The first-order valence-electron chi connectivity index (χ1n) is 8.88. The maximum Gasteiger partial charge on any atom is 0.350 e. The number of anilines is 1. The largest absolute Gasteiger partial charge is 0.462 e. The lowest BCUT2D eigenvalue weighted by atomic mass is 10.2. The molecule has 0 aliphatic rings. The van der Waals surface area contributed by atoms with Gasteiger partial charge in [-0.2, -0.15) is 0 Å². The number of esters is 1. The Kier molecular flexibility index (Phi) is 6.28. The van der Waals surface area contributed by atoms with Crippen molar-refractivity contribution in [2.24, 2.45) is 0 Å². The van der Waals surface area contributed by atoms with E-state index in [0.717, 1.165) is 11.3 Å². The Bertz CT molecular complexity index is 1020. The van der Waals surface area contributed by atoms with Crippen LogP contribution in [-0.4, -0.2) is 33.4 Å². The molecule has 0 aliphatic carbocycles. The van der Waals surface area contributed by atoms with E-state index in [4.69, 9.17) is 4.74 Å². The minimum atomic E-state index is -0.488. The van der Waals surface area contributed by atoms with E-state index < -0.39 is 11.9 Å². The first-order chi connectivity index (χ1) is 13.9. The van der Waals surface area contributed by atoms with E-state index in [1.54, 1.807) is 32.9 Å². The lowest BCUT2D eigenvalue weighted by Crippen LogP contribution is -2.31. The van der Waals surface area contributed by atoms with Crippen LogP contribution in [0.25, 0.3) is 0 Å². The van der Waals surface area contributed by atoms with Gasteiger partial charge in [-0.1, -0.05) is 23.5 Å². The van der Waals surface area contributed by atoms with E-state index in [2.05, 4.69) is 15.0 Å². The number of aromatic nitrogens is 3. The number of amides is 1. The summed E-state index contributed by atoms with van der Waals surface area (Å²) in [6.07, 6.45) is 2.89. The highest BCUT2D eigenvalue weighted by Gasteiger charge is 2.26. The number of aryl methyl sites for hydroxylation is 2. The van der Waals surface area contributed by atoms with E-state index in [9.17, 15) is 14.0 Å². The number of halogens is 1. The van der Waals surface area contributed by atoms with Crippen molar-refractivity contribution < 1.29 is 18.7 Å². The monoisotopic (exact) mass is 414 g/mol. The van der Waals surface area contributed by atoms with Crippen LogP contribution in [0.5, 0.6) is 0 Å². The van der Waals surface area contributed by atoms with E-state index in [-0.39, 0.29) is 24.7 Å². The Morgan fingerprint density at radius 1 is 1.14 bits per heavy atom. The fourth-order valence-electron chi connectivity index (χ4n) is 2.52. The molecule has 0 radical (unpaired) electrons. The van der Waals surface area contributed by atoms with Crippen molar-refractivity contribution in [3.63, 3.8) is 0 Å². The lowest BCUT2D eigenvalue weighted by Gasteiger charge is -2.19. The lowest BCUT2D eigenvalue weighted by molar-refractivity contribution is 0.0531. The second-order valence-electron chi connectivity index (χ2n) is 6.19. The maximum absolute atomic E-state index is 13.3. The van der Waals surface area contributed by atoms with E-state index in [1.165, 1.54) is 29.4 Å². The third kappa shape index (κ3) is 4.80. The highest BCUT2D eigenvalue weighted by atomic mass is 32.1. The molecule has 3 aromatic rings. The number of ether oxygens (including phenoxy) is 1. The summed E-state index contributed by atoms with van der Waals surface area (Å²) >= 11 is 1.06. The zero-order valence-corrected chi connectivity index (χ0v) is 17.0. The van der Waals surface area contributed by atoms with Crippen LogP contribution in [0, 0.1) is 19.7 Å². The molecule has 0 N–H and O–H groups in total. The highest BCUT2D eigenvalue weighted by Crippen LogP contribution is 2.29. The van der Waals surface area contributed by atoms with Crippen LogP contribution in [0.2, 0.25) is 0 Å². The van der Waals surface area contributed by atoms with Crippen LogP contribution in [-0.2, 0) is 11.3 Å². The zero-order valence-electron chi connectivity index (χ0n) is 16.2. The summed E-state index contributed by atoms with van der Waals surface area (Å²) in [6.45, 7) is 5.54. The Labute approximate surface area is 171 Å². The van der Waals surface area contributed by atoms with Crippen molar-refractivity contribution in [1.82, 2.24) is 15.0 Å². The van der Waals surface area contributed by atoms with E-state index >= 15 is 0 Å². The second-order valence-corrected chi connectivity index (χ2v) is 7.17. The second kappa shape index (κ2) is 8.87. The van der Waals surface area contributed by atoms with Gasteiger partial charge in [-0.15, -0.1) is 0 Å². The van der Waals surface area contributed by atoms with Gasteiger partial charge in [0, 0.05) is 6.20 Å². The van der Waals surface area contributed by atoms with Crippen LogP contribution in [0.15, 0.2) is 36.7 Å². The molecule has 1 amide bonds. The Hall–Kier alpha value is -3.20. The van der Waals surface area contributed by atoms with Crippen molar-refractivity contribution >= 4 is 28.3 Å². The van der Waals surface area contributed by atoms with E-state index in [0.29, 0.717) is 27.0 Å². The van der Waals surface area contributed by atoms with Gasteiger partial charge in [0.05, 0.1) is 30.7 Å². The molecule has 0 saturated carbocycles. The first kappa shape index (κ1) is 20.5. The number of hydrogen-bond donors (Lipinski definition) is 0. The van der Waals surface area contributed by atoms with E-state index in [1.807, 2.05) is 0 Å². The summed E-state index contributed by atoms with van der Waals surface area (Å²) in [7, 11) is 0. The fraction of sp³-hybridized carbons (Fsp3) is 0.250. The molecule has 29 heavy (non-hydrogen) atoms. The number of rotatable bonds is 6. The predicted octanol–water partition coefficient (Wildman–Crippen LogP) is 3.71. The van der Waals surface area contributed by atoms with Gasteiger partial charge in [0.1, 0.15) is 16.4 Å². The van der Waals surface area contributed by atoms with Crippen molar-refractivity contribution in [3.8, 4) is 0 Å². The molecule has 1 aromatic carbocycles. The van der Waals surface area contributed by atoms with Gasteiger partial charge in [-0.25, -0.2) is 19.2 Å². The zero-order chi connectivity index (χ0) is 21.0. The molecule has 0 aliphatic heterocycles. The molecule has 9 heteroatoms. The number of nitrogens with zero attached hydrogens (tertiary/aromatic N) is 4. The SMILES string of the molecule is CCOC(=O)c1sc(N(Cc2ccc(F)cc2)C(=O)c2cnc(C)cn2)nc1C. The minimum absolute atomic E-state index is 0.129. The summed E-state index contributed by atoms with van der Waals surface area (Å²) in [5.74, 6) is -1.28. The van der Waals surface area contributed by atoms with Gasteiger partial charge in [0.15, 0.2) is 5.13 Å². The number of benzene rings is 1. The summed E-state index contributed by atoms with van der Waals surface area (Å²) in [5.41, 5.74) is 1.99. The van der Waals surface area contributed by atoms with Crippen molar-refractivity contribution in [2.45, 2.75) is 27.3 Å². The average Bonchev–Trinajstić information content (AvgIpc) is 3.09. The van der Waals surface area contributed by atoms with Gasteiger partial charge in [0.25, 0.3) is 5.91 Å². The molecular weight excluding hydrogens is 395 g/mol. The predicted molar refractivity (Wildman–Crippen MR) is 106 cm³/mol. The summed E-state index contributed by atoms with van der Waals surface area (Å²) < 4.78 is 18.3. The van der Waals surface area contributed by atoms with Crippen LogP contribution in [0.3, 0.4) is 0 Å². The Balaban J connectivity index is 1.99. The molecule has 0 bridgehead atoms. The first-order valence-corrected chi connectivity index (χ1v) is 9.70. The van der Waals surface area contributed by atoms with Crippen LogP contribution in [0.4, 0.5) is 9.52 Å². The number of carbonyl (C=O) groups is 2. The molecule has 0 atom stereocenters. The molecule has 3 rings (SSSR count). The molecule has 0 unspecified atom stereocenters. The molecule has 2 heterocycles. The molecule has 0 saturated heterocycles. The summed E-state index contributed by atoms with van der Waals surface area (Å²) in [4.78, 5) is 39.7. The van der Waals surface area contributed by atoms with Crippen LogP contribution in [0.1, 0.15) is 44.0 Å². The van der Waals surface area contributed by atoms with Gasteiger partial charge in [-0.05, 0) is 38.5 Å². The topological polar surface area (TPSA) is 85.3 Å². The molecule has 2 aromatic heterocycles. The third-order valence-electron chi connectivity index (χ3n) is 3.98. The molecule has 0 fully saturated rings. The van der Waals surface area contributed by atoms with Crippen molar-refractivity contribution in [2.75, 3.05) is 11.5 Å². The van der Waals surface area contributed by atoms with Gasteiger partial charge >= 0.3 is 5.97 Å². The molecule has 7 nitrogen and oxygen atoms in total. The van der Waals surface area contributed by atoms with Crippen LogP contribution >= 0.6 is 11.3 Å². The quantitative estimate of drug-likeness (QED) is 0.572. The average molecular weight is 414 g/mol. The van der Waals surface area contributed by atoms with Crippen LogP contribution < -0.4 is 4.90 Å². The minimum Gasteiger partial charge on any atom is -0.462 e. The maximum atomic E-state index is 13.3. The van der Waals surface area contributed by atoms with Crippen molar-refractivity contribution in [1.29, 1.82) is 0 Å². The smallest absolute Gasteiger partial charge is 0.350 e. The molecular formula is C20H19FN4O3S. The Morgan fingerprint density at radius 3 is 2.48 bits per heavy atom. The summed E-state index contributed by atoms with van der Waals surface area (Å²) in [6, 6.07) is 5.81. The number of hydrogen-bond acceptors (Lipinski definition) is 7. The Morgan fingerprint density at radius 2 is 1.86 bits per heavy atom. The fourth-order valence-corrected chi connectivity index (χ4v) is 3.48.